The number of carboxylic acid groups (broad SMARTS) is 1. The minimum absolute atomic E-state index is 0.127. The smallest absolute Gasteiger partial charge is 0.326 e. The summed E-state index contributed by atoms with van der Waals surface area (Å²) in [4.78, 5) is 33.3. The van der Waals surface area contributed by atoms with Crippen LogP contribution in [-0.2, 0) is 4.79 Å². The predicted octanol–water partition coefficient (Wildman–Crippen LogP) is 1.89. The highest BCUT2D eigenvalue weighted by Gasteiger charge is 2.25. The summed E-state index contributed by atoms with van der Waals surface area (Å²) in [5, 5.41) is 22.2. The van der Waals surface area contributed by atoms with Crippen LogP contribution in [0.2, 0.25) is 0 Å². The van der Waals surface area contributed by atoms with Crippen molar-refractivity contribution < 1.29 is 19.6 Å². The van der Waals surface area contributed by atoms with E-state index in [-0.39, 0.29) is 17.7 Å². The Labute approximate surface area is 115 Å². The molecule has 1 aromatic rings. The predicted molar refractivity (Wildman–Crippen MR) is 71.6 cm³/mol. The van der Waals surface area contributed by atoms with Gasteiger partial charge in [0.05, 0.1) is 4.92 Å². The van der Waals surface area contributed by atoms with Crippen LogP contribution in [0.25, 0.3) is 0 Å². The molecule has 7 heteroatoms. The third-order valence-electron chi connectivity index (χ3n) is 2.77. The second-order valence-corrected chi connectivity index (χ2v) is 4.43. The van der Waals surface area contributed by atoms with E-state index in [0.29, 0.717) is 12.0 Å². The van der Waals surface area contributed by atoms with Gasteiger partial charge in [-0.1, -0.05) is 19.4 Å². The molecule has 0 fully saturated rings. The number of nitro benzene ring substituents is 1. The number of hydrogen-bond acceptors (Lipinski definition) is 4. The first kappa shape index (κ1) is 15.6. The fourth-order valence-corrected chi connectivity index (χ4v) is 1.77. The van der Waals surface area contributed by atoms with Crippen molar-refractivity contribution in [3.8, 4) is 0 Å². The van der Waals surface area contributed by atoms with Gasteiger partial charge >= 0.3 is 5.97 Å². The number of rotatable bonds is 6. The van der Waals surface area contributed by atoms with Crippen molar-refractivity contribution in [2.45, 2.75) is 32.7 Å². The van der Waals surface area contributed by atoms with Gasteiger partial charge < -0.3 is 10.4 Å². The van der Waals surface area contributed by atoms with Gasteiger partial charge in [-0.25, -0.2) is 4.79 Å². The molecule has 0 saturated carbocycles. The second kappa shape index (κ2) is 6.65. The van der Waals surface area contributed by atoms with E-state index in [4.69, 9.17) is 5.11 Å². The van der Waals surface area contributed by atoms with Gasteiger partial charge in [0.15, 0.2) is 0 Å². The maximum absolute atomic E-state index is 12.0. The van der Waals surface area contributed by atoms with Gasteiger partial charge in [-0.3, -0.25) is 14.9 Å². The Morgan fingerprint density at radius 2 is 2.10 bits per heavy atom. The molecule has 7 nitrogen and oxygen atoms in total. The number of amides is 1. The second-order valence-electron chi connectivity index (χ2n) is 4.43. The molecule has 0 aliphatic heterocycles. The molecule has 0 radical (unpaired) electrons. The van der Waals surface area contributed by atoms with Crippen LogP contribution in [0.5, 0.6) is 0 Å². The third kappa shape index (κ3) is 3.78. The normalized spacial score (nSPS) is 11.7. The first-order chi connectivity index (χ1) is 9.36. The van der Waals surface area contributed by atoms with E-state index in [9.17, 15) is 19.7 Å². The Balaban J connectivity index is 3.05. The summed E-state index contributed by atoms with van der Waals surface area (Å²) in [7, 11) is 0. The fraction of sp³-hybridized carbons (Fsp3) is 0.385. The fourth-order valence-electron chi connectivity index (χ4n) is 1.77. The summed E-state index contributed by atoms with van der Waals surface area (Å²) in [6.45, 7) is 3.48. The van der Waals surface area contributed by atoms with E-state index in [1.165, 1.54) is 18.2 Å². The zero-order chi connectivity index (χ0) is 15.3. The van der Waals surface area contributed by atoms with E-state index >= 15 is 0 Å². The lowest BCUT2D eigenvalue weighted by atomic mass is 10.1. The first-order valence-corrected chi connectivity index (χ1v) is 6.15. The topological polar surface area (TPSA) is 110 Å². The highest BCUT2D eigenvalue weighted by molar-refractivity contribution is 6.00. The van der Waals surface area contributed by atoms with E-state index in [2.05, 4.69) is 5.32 Å². The molecule has 0 heterocycles. The highest BCUT2D eigenvalue weighted by Crippen LogP contribution is 2.20. The lowest BCUT2D eigenvalue weighted by molar-refractivity contribution is -0.385. The van der Waals surface area contributed by atoms with Crippen LogP contribution in [0.15, 0.2) is 18.2 Å². The molecular formula is C13H16N2O5. The number of nitrogens with one attached hydrogen (secondary N) is 1. The Kier molecular flexibility index (Phi) is 5.19. The number of aliphatic carboxylic acids is 1. The van der Waals surface area contributed by atoms with Gasteiger partial charge in [0.2, 0.25) is 0 Å². The molecule has 0 aromatic heterocycles. The van der Waals surface area contributed by atoms with Gasteiger partial charge in [-0.15, -0.1) is 0 Å². The standard InChI is InChI=1S/C13H16N2O5/c1-3-4-10(13(17)18)14-12(16)9-7-8(2)5-6-11(9)15(19)20/h5-7,10H,3-4H2,1-2H3,(H,14,16)(H,17,18)/t10-/m1/s1. The van der Waals surface area contributed by atoms with E-state index in [1.807, 2.05) is 0 Å². The molecule has 1 amide bonds. The Morgan fingerprint density at radius 3 is 2.60 bits per heavy atom. The van der Waals surface area contributed by atoms with E-state index in [0.717, 1.165) is 0 Å². The molecule has 20 heavy (non-hydrogen) atoms. The maximum Gasteiger partial charge on any atom is 0.326 e. The number of carbonyl (C=O) groups excluding carboxylic acids is 1. The minimum Gasteiger partial charge on any atom is -0.480 e. The summed E-state index contributed by atoms with van der Waals surface area (Å²) >= 11 is 0. The van der Waals surface area contributed by atoms with Gasteiger partial charge in [0, 0.05) is 6.07 Å². The molecule has 1 rings (SSSR count). The van der Waals surface area contributed by atoms with Crippen LogP contribution in [0.3, 0.4) is 0 Å². The summed E-state index contributed by atoms with van der Waals surface area (Å²) in [5.74, 6) is -1.91. The number of nitro groups is 1. The Bertz CT molecular complexity index is 542. The van der Waals surface area contributed by atoms with Gasteiger partial charge in [-0.05, 0) is 25.0 Å². The Hall–Kier alpha value is -2.44. The average molecular weight is 280 g/mol. The quantitative estimate of drug-likeness (QED) is 0.610. The van der Waals surface area contributed by atoms with E-state index < -0.39 is 22.8 Å². The van der Waals surface area contributed by atoms with Gasteiger partial charge in [0.1, 0.15) is 11.6 Å². The van der Waals surface area contributed by atoms with E-state index in [1.54, 1.807) is 13.8 Å². The summed E-state index contributed by atoms with van der Waals surface area (Å²) in [5.41, 5.74) is 0.217. The molecule has 108 valence electrons. The number of benzene rings is 1. The zero-order valence-electron chi connectivity index (χ0n) is 11.3. The van der Waals surface area contributed by atoms with Crippen molar-refractivity contribution in [3.63, 3.8) is 0 Å². The number of carbonyl (C=O) groups is 2. The average Bonchev–Trinajstić information content (AvgIpc) is 2.37. The lowest BCUT2D eigenvalue weighted by Crippen LogP contribution is -2.40. The molecule has 0 aliphatic rings. The van der Waals surface area contributed by atoms with Crippen molar-refractivity contribution in [2.24, 2.45) is 0 Å². The van der Waals surface area contributed by atoms with Crippen LogP contribution in [0.1, 0.15) is 35.7 Å². The molecule has 1 atom stereocenters. The van der Waals surface area contributed by atoms with Crippen molar-refractivity contribution in [2.75, 3.05) is 0 Å². The van der Waals surface area contributed by atoms with Crippen molar-refractivity contribution >= 4 is 17.6 Å². The SMILES string of the molecule is CCC[C@@H](NC(=O)c1cc(C)ccc1[N+](=O)[O-])C(=O)O. The maximum atomic E-state index is 12.0. The molecule has 0 spiro atoms. The minimum atomic E-state index is -1.16. The number of aryl methyl sites for hydroxylation is 1. The van der Waals surface area contributed by atoms with Crippen molar-refractivity contribution in [3.05, 3.63) is 39.4 Å². The lowest BCUT2D eigenvalue weighted by Gasteiger charge is -2.13. The number of nitrogens with zero attached hydrogens (tertiary/aromatic N) is 1. The van der Waals surface area contributed by atoms with Crippen LogP contribution in [-0.4, -0.2) is 27.9 Å². The zero-order valence-corrected chi connectivity index (χ0v) is 11.3. The largest absolute Gasteiger partial charge is 0.480 e. The molecule has 2 N–H and O–H groups in total. The number of hydrogen-bond donors (Lipinski definition) is 2. The monoisotopic (exact) mass is 280 g/mol. The number of carboxylic acids is 1. The molecule has 0 saturated heterocycles. The van der Waals surface area contributed by atoms with Crippen molar-refractivity contribution in [1.82, 2.24) is 5.32 Å². The van der Waals surface area contributed by atoms with Crippen LogP contribution < -0.4 is 5.32 Å². The highest BCUT2D eigenvalue weighted by atomic mass is 16.6. The molecular weight excluding hydrogens is 264 g/mol. The van der Waals surface area contributed by atoms with Crippen LogP contribution >= 0.6 is 0 Å². The summed E-state index contributed by atoms with van der Waals surface area (Å²) in [6, 6.07) is 3.08. The van der Waals surface area contributed by atoms with Gasteiger partial charge in [0.25, 0.3) is 11.6 Å². The van der Waals surface area contributed by atoms with Crippen LogP contribution in [0.4, 0.5) is 5.69 Å². The first-order valence-electron chi connectivity index (χ1n) is 6.15. The molecule has 1 aromatic carbocycles. The molecule has 0 unspecified atom stereocenters. The Morgan fingerprint density at radius 1 is 1.45 bits per heavy atom. The summed E-state index contributed by atoms with van der Waals surface area (Å²) in [6.07, 6.45) is 0.841. The van der Waals surface area contributed by atoms with Gasteiger partial charge in [-0.2, -0.15) is 0 Å². The third-order valence-corrected chi connectivity index (χ3v) is 2.77. The summed E-state index contributed by atoms with van der Waals surface area (Å²) < 4.78 is 0. The molecule has 0 aliphatic carbocycles. The molecule has 0 bridgehead atoms. The van der Waals surface area contributed by atoms with Crippen molar-refractivity contribution in [1.29, 1.82) is 0 Å². The van der Waals surface area contributed by atoms with Crippen LogP contribution in [0, 0.1) is 17.0 Å².